The van der Waals surface area contributed by atoms with E-state index >= 15 is 0 Å². The molecule has 0 radical (unpaired) electrons. The zero-order valence-corrected chi connectivity index (χ0v) is 16.7. The SMILES string of the molecule is CC(C)(C)OC(=O)Cc1c[nH]c(=O)c(C(=O)CN)c1CC(=O)OC(C)(C)C. The molecular formula is C19H28N2O6. The largest absolute Gasteiger partial charge is 0.460 e. The van der Waals surface area contributed by atoms with E-state index in [4.69, 9.17) is 15.2 Å². The first-order valence-electron chi connectivity index (χ1n) is 8.64. The number of aromatic nitrogens is 1. The molecule has 150 valence electrons. The minimum Gasteiger partial charge on any atom is -0.460 e. The highest BCUT2D eigenvalue weighted by molar-refractivity contribution is 6.00. The molecule has 0 fully saturated rings. The quantitative estimate of drug-likeness (QED) is 0.562. The molecule has 0 aliphatic rings. The van der Waals surface area contributed by atoms with Crippen LogP contribution in [0.4, 0.5) is 0 Å². The number of H-pyrrole nitrogens is 1. The summed E-state index contributed by atoms with van der Waals surface area (Å²) in [5.74, 6) is -1.79. The molecule has 3 N–H and O–H groups in total. The number of pyridine rings is 1. The lowest BCUT2D eigenvalue weighted by Crippen LogP contribution is -2.31. The number of hydrogen-bond donors (Lipinski definition) is 2. The lowest BCUT2D eigenvalue weighted by atomic mass is 9.96. The van der Waals surface area contributed by atoms with Gasteiger partial charge in [0, 0.05) is 6.20 Å². The molecule has 0 aliphatic carbocycles. The average molecular weight is 380 g/mol. The molecule has 1 aromatic rings. The number of carbonyl (C=O) groups is 3. The van der Waals surface area contributed by atoms with Gasteiger partial charge >= 0.3 is 11.9 Å². The van der Waals surface area contributed by atoms with Crippen molar-refractivity contribution in [3.8, 4) is 0 Å². The fraction of sp³-hybridized carbons (Fsp3) is 0.579. The second-order valence-corrected chi connectivity index (χ2v) is 8.15. The van der Waals surface area contributed by atoms with Crippen molar-refractivity contribution in [2.24, 2.45) is 5.73 Å². The summed E-state index contributed by atoms with van der Waals surface area (Å²) >= 11 is 0. The van der Waals surface area contributed by atoms with Crippen LogP contribution in [0.3, 0.4) is 0 Å². The summed E-state index contributed by atoms with van der Waals surface area (Å²) in [6.07, 6.45) is 0.761. The van der Waals surface area contributed by atoms with Crippen LogP contribution in [0.15, 0.2) is 11.0 Å². The highest BCUT2D eigenvalue weighted by Gasteiger charge is 2.25. The van der Waals surface area contributed by atoms with Crippen LogP contribution in [0.25, 0.3) is 0 Å². The maximum atomic E-state index is 12.3. The number of aromatic amines is 1. The van der Waals surface area contributed by atoms with Crippen molar-refractivity contribution in [1.82, 2.24) is 4.98 Å². The van der Waals surface area contributed by atoms with Crippen LogP contribution in [-0.2, 0) is 31.9 Å². The van der Waals surface area contributed by atoms with E-state index in [1.807, 2.05) is 0 Å². The van der Waals surface area contributed by atoms with Gasteiger partial charge in [-0.15, -0.1) is 0 Å². The van der Waals surface area contributed by atoms with Crippen molar-refractivity contribution in [1.29, 1.82) is 0 Å². The van der Waals surface area contributed by atoms with E-state index in [9.17, 15) is 19.2 Å². The van der Waals surface area contributed by atoms with Crippen LogP contribution in [0.5, 0.6) is 0 Å². The van der Waals surface area contributed by atoms with Crippen LogP contribution in [0.2, 0.25) is 0 Å². The van der Waals surface area contributed by atoms with E-state index in [0.717, 1.165) is 0 Å². The van der Waals surface area contributed by atoms with Crippen LogP contribution >= 0.6 is 0 Å². The van der Waals surface area contributed by atoms with Gasteiger partial charge in [0.15, 0.2) is 5.78 Å². The van der Waals surface area contributed by atoms with E-state index in [-0.39, 0.29) is 24.0 Å². The first kappa shape index (κ1) is 22.6. The van der Waals surface area contributed by atoms with Gasteiger partial charge in [-0.2, -0.15) is 0 Å². The topological polar surface area (TPSA) is 129 Å². The smallest absolute Gasteiger partial charge is 0.310 e. The van der Waals surface area contributed by atoms with Crippen molar-refractivity contribution in [2.45, 2.75) is 65.6 Å². The van der Waals surface area contributed by atoms with Crippen LogP contribution in [0.1, 0.15) is 63.0 Å². The number of nitrogens with two attached hydrogens (primary N) is 1. The summed E-state index contributed by atoms with van der Waals surface area (Å²) in [7, 11) is 0. The number of hydrogen-bond acceptors (Lipinski definition) is 7. The van der Waals surface area contributed by atoms with E-state index in [1.165, 1.54) is 6.20 Å². The van der Waals surface area contributed by atoms with Gasteiger partial charge in [-0.25, -0.2) is 0 Å². The highest BCUT2D eigenvalue weighted by Crippen LogP contribution is 2.18. The number of Topliss-reactive ketones (excluding diaryl/α,β-unsaturated/α-hetero) is 1. The van der Waals surface area contributed by atoms with E-state index < -0.39 is 41.0 Å². The summed E-state index contributed by atoms with van der Waals surface area (Å²) in [6.45, 7) is 9.89. The molecule has 8 heteroatoms. The number of ether oxygens (including phenoxy) is 2. The lowest BCUT2D eigenvalue weighted by Gasteiger charge is -2.22. The predicted octanol–water partition coefficient (Wildman–Crippen LogP) is 1.28. The third-order valence-corrected chi connectivity index (χ3v) is 3.25. The van der Waals surface area contributed by atoms with Gasteiger partial charge in [-0.3, -0.25) is 19.2 Å². The number of esters is 2. The summed E-state index contributed by atoms with van der Waals surface area (Å²) in [4.78, 5) is 51.2. The molecule has 0 amide bonds. The molecule has 0 aliphatic heterocycles. The second kappa shape index (κ2) is 8.47. The van der Waals surface area contributed by atoms with Gasteiger partial charge in [-0.1, -0.05) is 0 Å². The molecule has 0 saturated carbocycles. The first-order valence-corrected chi connectivity index (χ1v) is 8.64. The van der Waals surface area contributed by atoms with Crippen LogP contribution in [-0.4, -0.2) is 40.5 Å². The Labute approximate surface area is 158 Å². The van der Waals surface area contributed by atoms with Gasteiger partial charge < -0.3 is 20.2 Å². The van der Waals surface area contributed by atoms with Crippen molar-refractivity contribution in [3.05, 3.63) is 33.2 Å². The highest BCUT2D eigenvalue weighted by atomic mass is 16.6. The minimum atomic E-state index is -0.734. The van der Waals surface area contributed by atoms with Crippen molar-refractivity contribution in [2.75, 3.05) is 6.54 Å². The molecule has 1 rings (SSSR count). The number of rotatable bonds is 6. The Morgan fingerprint density at radius 2 is 1.44 bits per heavy atom. The van der Waals surface area contributed by atoms with Gasteiger partial charge in [-0.05, 0) is 52.7 Å². The van der Waals surface area contributed by atoms with Crippen LogP contribution in [0, 0.1) is 0 Å². The van der Waals surface area contributed by atoms with Gasteiger partial charge in [0.1, 0.15) is 11.2 Å². The molecule has 0 saturated heterocycles. The number of nitrogens with one attached hydrogen (secondary N) is 1. The summed E-state index contributed by atoms with van der Waals surface area (Å²) < 4.78 is 10.6. The maximum absolute atomic E-state index is 12.3. The molecular weight excluding hydrogens is 352 g/mol. The number of ketones is 1. The molecule has 0 spiro atoms. The Morgan fingerprint density at radius 1 is 0.963 bits per heavy atom. The van der Waals surface area contributed by atoms with E-state index in [2.05, 4.69) is 4.98 Å². The monoisotopic (exact) mass is 380 g/mol. The zero-order chi connectivity index (χ0) is 21.0. The van der Waals surface area contributed by atoms with E-state index in [0.29, 0.717) is 5.56 Å². The Hall–Kier alpha value is -2.48. The first-order chi connectivity index (χ1) is 12.2. The Balaban J connectivity index is 3.34. The molecule has 0 aromatic carbocycles. The predicted molar refractivity (Wildman–Crippen MR) is 99.5 cm³/mol. The molecule has 0 atom stereocenters. The number of carbonyl (C=O) groups excluding carboxylic acids is 3. The summed E-state index contributed by atoms with van der Waals surface area (Å²) in [5, 5.41) is 0. The molecule has 0 unspecified atom stereocenters. The molecule has 1 heterocycles. The third-order valence-electron chi connectivity index (χ3n) is 3.25. The fourth-order valence-corrected chi connectivity index (χ4v) is 2.42. The Morgan fingerprint density at radius 3 is 1.89 bits per heavy atom. The second-order valence-electron chi connectivity index (χ2n) is 8.15. The third kappa shape index (κ3) is 7.34. The van der Waals surface area contributed by atoms with E-state index in [1.54, 1.807) is 41.5 Å². The molecule has 27 heavy (non-hydrogen) atoms. The molecule has 1 aromatic heterocycles. The molecule has 0 bridgehead atoms. The maximum Gasteiger partial charge on any atom is 0.310 e. The van der Waals surface area contributed by atoms with Crippen molar-refractivity contribution < 1.29 is 23.9 Å². The average Bonchev–Trinajstić information content (AvgIpc) is 2.45. The van der Waals surface area contributed by atoms with Gasteiger partial charge in [0.25, 0.3) is 5.56 Å². The zero-order valence-electron chi connectivity index (χ0n) is 16.7. The minimum absolute atomic E-state index is 0.134. The Kier molecular flexibility index (Phi) is 7.08. The fourth-order valence-electron chi connectivity index (χ4n) is 2.42. The standard InChI is InChI=1S/C19H28N2O6/c1-18(2,3)26-14(23)7-11-10-21-17(25)16(13(22)9-20)12(11)8-15(24)27-19(4,5)6/h10H,7-9,20H2,1-6H3,(H,21,25). The summed E-state index contributed by atoms with van der Waals surface area (Å²) in [6, 6.07) is 0. The van der Waals surface area contributed by atoms with Crippen LogP contribution < -0.4 is 11.3 Å². The lowest BCUT2D eigenvalue weighted by molar-refractivity contribution is -0.155. The Bertz CT molecular complexity index is 781. The van der Waals surface area contributed by atoms with Crippen molar-refractivity contribution in [3.63, 3.8) is 0 Å². The molecule has 8 nitrogen and oxygen atoms in total. The summed E-state index contributed by atoms with van der Waals surface area (Å²) in [5.41, 5.74) is 3.51. The normalized spacial score (nSPS) is 11.8. The van der Waals surface area contributed by atoms with Crippen molar-refractivity contribution >= 4 is 17.7 Å². The van der Waals surface area contributed by atoms with Gasteiger partial charge in [0.05, 0.1) is 24.9 Å². The van der Waals surface area contributed by atoms with Gasteiger partial charge in [0.2, 0.25) is 0 Å².